The third-order valence-electron chi connectivity index (χ3n) is 5.07. The van der Waals surface area contributed by atoms with Gasteiger partial charge < -0.3 is 14.2 Å². The zero-order valence-corrected chi connectivity index (χ0v) is 18.9. The first-order chi connectivity index (χ1) is 14.5. The molecule has 0 aromatic heterocycles. The van der Waals surface area contributed by atoms with Crippen LogP contribution in [0.2, 0.25) is 0 Å². The van der Waals surface area contributed by atoms with Gasteiger partial charge in [0.1, 0.15) is 0 Å². The molecule has 0 N–H and O–H groups in total. The molecule has 0 bridgehead atoms. The highest BCUT2D eigenvalue weighted by Gasteiger charge is 2.18. The van der Waals surface area contributed by atoms with E-state index in [-0.39, 0.29) is 6.10 Å². The summed E-state index contributed by atoms with van der Waals surface area (Å²) < 4.78 is 57.0. The maximum Gasteiger partial charge on any atom is 0.271 e. The van der Waals surface area contributed by atoms with E-state index in [1.165, 1.54) is 32.1 Å². The fraction of sp³-hybridized carbons (Fsp3) is 0.750. The van der Waals surface area contributed by atoms with Gasteiger partial charge in [-0.1, -0.05) is 51.9 Å². The standard InChI is InChI=1S/C24H39F3O3/c1-4-7-8-9-10-11-12-15-20(30-24(28-5-2)29-6-3)16-13-14-19-17-21(25)23(27)22(26)18-19/h17-18,20,24H,4-16H2,1-3H3. The molecule has 0 amide bonds. The van der Waals surface area contributed by atoms with Crippen molar-refractivity contribution in [2.75, 3.05) is 13.2 Å². The lowest BCUT2D eigenvalue weighted by molar-refractivity contribution is -0.302. The molecule has 6 heteroatoms. The number of benzene rings is 1. The van der Waals surface area contributed by atoms with Crippen molar-refractivity contribution in [2.45, 2.75) is 104 Å². The lowest BCUT2D eigenvalue weighted by Gasteiger charge is -2.24. The van der Waals surface area contributed by atoms with Gasteiger partial charge in [0.2, 0.25) is 0 Å². The van der Waals surface area contributed by atoms with Crippen LogP contribution < -0.4 is 0 Å². The van der Waals surface area contributed by atoms with E-state index in [4.69, 9.17) is 14.2 Å². The smallest absolute Gasteiger partial charge is 0.271 e. The van der Waals surface area contributed by atoms with Gasteiger partial charge in [-0.2, -0.15) is 0 Å². The minimum Gasteiger partial charge on any atom is -0.330 e. The summed E-state index contributed by atoms with van der Waals surface area (Å²) in [6, 6.07) is 2.13. The number of hydrogen-bond donors (Lipinski definition) is 0. The Labute approximate surface area is 180 Å². The fourth-order valence-corrected chi connectivity index (χ4v) is 3.45. The van der Waals surface area contributed by atoms with Crippen LogP contribution in [0.25, 0.3) is 0 Å². The molecule has 0 aliphatic rings. The van der Waals surface area contributed by atoms with Crippen LogP contribution in [0, 0.1) is 17.5 Å². The molecule has 30 heavy (non-hydrogen) atoms. The van der Waals surface area contributed by atoms with Crippen LogP contribution in [0.15, 0.2) is 12.1 Å². The Balaban J connectivity index is 2.52. The quantitative estimate of drug-likeness (QED) is 0.138. The van der Waals surface area contributed by atoms with E-state index < -0.39 is 23.9 Å². The van der Waals surface area contributed by atoms with Crippen molar-refractivity contribution >= 4 is 0 Å². The Morgan fingerprint density at radius 2 is 1.27 bits per heavy atom. The first-order valence-electron chi connectivity index (χ1n) is 11.5. The highest BCUT2D eigenvalue weighted by atomic mass is 19.2. The maximum atomic E-state index is 13.4. The Hall–Kier alpha value is -1.11. The van der Waals surface area contributed by atoms with Crippen molar-refractivity contribution in [1.82, 2.24) is 0 Å². The second-order valence-corrected chi connectivity index (χ2v) is 7.63. The van der Waals surface area contributed by atoms with Crippen LogP contribution in [-0.4, -0.2) is 25.8 Å². The van der Waals surface area contributed by atoms with Crippen molar-refractivity contribution in [1.29, 1.82) is 0 Å². The SMILES string of the molecule is CCCCCCCCCC(CCCc1cc(F)c(F)c(F)c1)OC(OCC)OCC. The third-order valence-corrected chi connectivity index (χ3v) is 5.07. The van der Waals surface area contributed by atoms with Crippen molar-refractivity contribution < 1.29 is 27.4 Å². The van der Waals surface area contributed by atoms with Gasteiger partial charge in [0, 0.05) is 13.2 Å². The minimum atomic E-state index is -1.42. The zero-order valence-electron chi connectivity index (χ0n) is 18.9. The topological polar surface area (TPSA) is 27.7 Å². The largest absolute Gasteiger partial charge is 0.330 e. The zero-order chi connectivity index (χ0) is 22.2. The normalized spacial score (nSPS) is 12.6. The second kappa shape index (κ2) is 16.6. The van der Waals surface area contributed by atoms with Gasteiger partial charge in [-0.15, -0.1) is 0 Å². The van der Waals surface area contributed by atoms with Gasteiger partial charge in [-0.25, -0.2) is 13.2 Å². The number of hydrogen-bond acceptors (Lipinski definition) is 3. The van der Waals surface area contributed by atoms with Gasteiger partial charge in [0.05, 0.1) is 6.10 Å². The van der Waals surface area contributed by atoms with Crippen LogP contribution in [-0.2, 0) is 20.6 Å². The lowest BCUT2D eigenvalue weighted by Crippen LogP contribution is -2.27. The first kappa shape index (κ1) is 26.9. The molecule has 0 heterocycles. The maximum absolute atomic E-state index is 13.4. The van der Waals surface area contributed by atoms with Crippen LogP contribution >= 0.6 is 0 Å². The highest BCUT2D eigenvalue weighted by molar-refractivity contribution is 5.19. The van der Waals surface area contributed by atoms with E-state index in [1.54, 1.807) is 0 Å². The minimum absolute atomic E-state index is 0.0566. The van der Waals surface area contributed by atoms with Crippen LogP contribution in [0.4, 0.5) is 13.2 Å². The number of ether oxygens (including phenoxy) is 3. The van der Waals surface area contributed by atoms with Crippen LogP contribution in [0.3, 0.4) is 0 Å². The molecular weight excluding hydrogens is 393 g/mol. The summed E-state index contributed by atoms with van der Waals surface area (Å²) in [7, 11) is 0. The summed E-state index contributed by atoms with van der Waals surface area (Å²) in [5.41, 5.74) is 0.451. The Morgan fingerprint density at radius 3 is 1.83 bits per heavy atom. The van der Waals surface area contributed by atoms with Crippen molar-refractivity contribution in [3.63, 3.8) is 0 Å². The van der Waals surface area contributed by atoms with Gasteiger partial charge in [-0.05, 0) is 57.2 Å². The number of rotatable bonds is 18. The summed E-state index contributed by atoms with van der Waals surface area (Å²) in [4.78, 5) is 0. The molecule has 0 saturated heterocycles. The van der Waals surface area contributed by atoms with Crippen LogP contribution in [0.1, 0.15) is 90.5 Å². The lowest BCUT2D eigenvalue weighted by atomic mass is 10.0. The predicted molar refractivity (Wildman–Crippen MR) is 114 cm³/mol. The Morgan fingerprint density at radius 1 is 0.733 bits per heavy atom. The van der Waals surface area contributed by atoms with E-state index in [0.29, 0.717) is 38.0 Å². The predicted octanol–water partition coefficient (Wildman–Crippen LogP) is 7.31. The summed E-state index contributed by atoms with van der Waals surface area (Å²) in [5.74, 6) is -3.71. The Kier molecular flexibility index (Phi) is 14.9. The van der Waals surface area contributed by atoms with E-state index in [9.17, 15) is 13.2 Å². The molecule has 1 aromatic rings. The summed E-state index contributed by atoms with van der Waals surface area (Å²) >= 11 is 0. The van der Waals surface area contributed by atoms with Gasteiger partial charge >= 0.3 is 0 Å². The highest BCUT2D eigenvalue weighted by Crippen LogP contribution is 2.20. The van der Waals surface area contributed by atoms with E-state index >= 15 is 0 Å². The molecule has 0 saturated carbocycles. The average molecular weight is 433 g/mol. The van der Waals surface area contributed by atoms with E-state index in [1.807, 2.05) is 13.8 Å². The van der Waals surface area contributed by atoms with Crippen molar-refractivity contribution in [2.24, 2.45) is 0 Å². The van der Waals surface area contributed by atoms with Crippen molar-refractivity contribution in [3.8, 4) is 0 Å². The number of aryl methyl sites for hydroxylation is 1. The van der Waals surface area contributed by atoms with E-state index in [2.05, 4.69) is 6.92 Å². The molecule has 0 aliphatic carbocycles. The molecule has 1 unspecified atom stereocenters. The fourth-order valence-electron chi connectivity index (χ4n) is 3.45. The average Bonchev–Trinajstić information content (AvgIpc) is 2.71. The molecular formula is C24H39F3O3. The first-order valence-corrected chi connectivity index (χ1v) is 11.5. The van der Waals surface area contributed by atoms with Crippen LogP contribution in [0.5, 0.6) is 0 Å². The molecule has 0 spiro atoms. The Bertz CT molecular complexity index is 540. The molecule has 1 atom stereocenters. The number of unbranched alkanes of at least 4 members (excludes halogenated alkanes) is 6. The monoisotopic (exact) mass is 432 g/mol. The van der Waals surface area contributed by atoms with Gasteiger partial charge in [0.25, 0.3) is 6.48 Å². The third kappa shape index (κ3) is 11.3. The number of halogens is 3. The summed E-state index contributed by atoms with van der Waals surface area (Å²) in [5, 5.41) is 0. The van der Waals surface area contributed by atoms with Crippen molar-refractivity contribution in [3.05, 3.63) is 35.1 Å². The van der Waals surface area contributed by atoms with Gasteiger partial charge in [-0.3, -0.25) is 0 Å². The summed E-state index contributed by atoms with van der Waals surface area (Å²) in [6.45, 7) is 6.27. The molecule has 1 rings (SSSR count). The molecule has 174 valence electrons. The molecule has 3 nitrogen and oxygen atoms in total. The molecule has 1 aromatic carbocycles. The molecule has 0 radical (unpaired) electrons. The molecule has 0 fully saturated rings. The molecule has 0 aliphatic heterocycles. The second-order valence-electron chi connectivity index (χ2n) is 7.63. The van der Waals surface area contributed by atoms with Gasteiger partial charge in [0.15, 0.2) is 17.5 Å². The van der Waals surface area contributed by atoms with E-state index in [0.717, 1.165) is 31.4 Å². The summed E-state index contributed by atoms with van der Waals surface area (Å²) in [6.07, 6.45) is 11.2.